The average Bonchev–Trinajstić information content (AvgIpc) is 3.05. The number of methoxy groups -OCH3 is 1. The van der Waals surface area contributed by atoms with Crippen molar-refractivity contribution in [3.63, 3.8) is 0 Å². The number of carbonyl (C=O) groups is 5. The van der Waals surface area contributed by atoms with Gasteiger partial charge in [0.25, 0.3) is 5.91 Å². The topological polar surface area (TPSA) is 156 Å². The van der Waals surface area contributed by atoms with Gasteiger partial charge in [0.2, 0.25) is 5.75 Å². The van der Waals surface area contributed by atoms with Crippen LogP contribution in [0.25, 0.3) is 0 Å². The van der Waals surface area contributed by atoms with Crippen LogP contribution in [0.15, 0.2) is 42.6 Å². The van der Waals surface area contributed by atoms with Crippen LogP contribution in [0.5, 0.6) is 11.5 Å². The molecule has 4 atom stereocenters. The number of cyclic esters (lactones) is 2. The Morgan fingerprint density at radius 3 is 2.44 bits per heavy atom. The van der Waals surface area contributed by atoms with Crippen molar-refractivity contribution in [1.29, 1.82) is 0 Å². The molecule has 2 aromatic rings. The van der Waals surface area contributed by atoms with E-state index in [1.165, 1.54) is 26.3 Å². The van der Waals surface area contributed by atoms with Gasteiger partial charge in [0.05, 0.1) is 13.0 Å². The molecule has 12 heteroatoms. The van der Waals surface area contributed by atoms with E-state index in [9.17, 15) is 24.0 Å². The lowest BCUT2D eigenvalue weighted by molar-refractivity contribution is -0.176. The van der Waals surface area contributed by atoms with E-state index < -0.39 is 66.5 Å². The van der Waals surface area contributed by atoms with Crippen molar-refractivity contribution in [3.8, 4) is 11.5 Å². The fourth-order valence-electron chi connectivity index (χ4n) is 4.69. The minimum absolute atomic E-state index is 0.0905. The first-order valence-electron chi connectivity index (χ1n) is 15.2. The molecule has 45 heavy (non-hydrogen) atoms. The van der Waals surface area contributed by atoms with Crippen LogP contribution in [-0.4, -0.2) is 66.7 Å². The van der Waals surface area contributed by atoms with Crippen molar-refractivity contribution >= 4 is 29.8 Å². The van der Waals surface area contributed by atoms with Crippen molar-refractivity contribution in [2.24, 2.45) is 11.8 Å². The third-order valence-electron chi connectivity index (χ3n) is 7.22. The number of rotatable bonds is 13. The van der Waals surface area contributed by atoms with E-state index >= 15 is 0 Å². The SMILES string of the molecule is CCCCCCC(=O)Oc1c(OC)ccnc1C(=O)N[C@H]1COC(=O)[C@H](Cc2ccccc2)[C@@H](OC(=O)C(C)C)[C@H](C)OC1=O. The summed E-state index contributed by atoms with van der Waals surface area (Å²) < 4.78 is 27.6. The molecule has 1 aliphatic rings. The van der Waals surface area contributed by atoms with Crippen LogP contribution < -0.4 is 14.8 Å². The molecule has 1 fully saturated rings. The number of amides is 1. The van der Waals surface area contributed by atoms with E-state index in [4.69, 9.17) is 23.7 Å². The molecule has 1 N–H and O–H groups in total. The third kappa shape index (κ3) is 10.0. The number of benzene rings is 1. The highest BCUT2D eigenvalue weighted by atomic mass is 16.6. The standard InChI is InChI=1S/C33H42N2O10/c1-6-7-8-12-15-26(36)44-29-25(41-5)16-17-34-27(29)30(37)35-24-19-42-32(39)23(18-22-13-10-9-11-14-22)28(21(4)43-33(24)40)45-31(38)20(2)3/h9-11,13-14,16-17,20-21,23-24,28H,6-8,12,15,18-19H2,1-5H3,(H,35,37)/t21-,23+,24-,28-/m0/s1. The van der Waals surface area contributed by atoms with Crippen LogP contribution in [0, 0.1) is 11.8 Å². The Bertz CT molecular complexity index is 1330. The molecular formula is C33H42N2O10. The molecule has 244 valence electrons. The van der Waals surface area contributed by atoms with Crippen molar-refractivity contribution in [1.82, 2.24) is 10.3 Å². The second-order valence-corrected chi connectivity index (χ2v) is 11.1. The smallest absolute Gasteiger partial charge is 0.332 e. The number of pyridine rings is 1. The van der Waals surface area contributed by atoms with Crippen LogP contribution in [0.4, 0.5) is 0 Å². The van der Waals surface area contributed by atoms with Gasteiger partial charge in [-0.1, -0.05) is 70.4 Å². The van der Waals surface area contributed by atoms with Crippen molar-refractivity contribution < 1.29 is 47.7 Å². The van der Waals surface area contributed by atoms with E-state index in [0.29, 0.717) is 6.42 Å². The molecule has 0 spiro atoms. The summed E-state index contributed by atoms with van der Waals surface area (Å²) in [4.78, 5) is 69.4. The minimum atomic E-state index is -1.45. The number of aromatic nitrogens is 1. The summed E-state index contributed by atoms with van der Waals surface area (Å²) in [7, 11) is 1.35. The number of nitrogens with zero attached hydrogens (tertiary/aromatic N) is 1. The first-order chi connectivity index (χ1) is 21.5. The fourth-order valence-corrected chi connectivity index (χ4v) is 4.69. The van der Waals surface area contributed by atoms with Crippen molar-refractivity contribution in [2.45, 2.75) is 84.5 Å². The largest absolute Gasteiger partial charge is 0.493 e. The summed E-state index contributed by atoms with van der Waals surface area (Å²) in [6, 6.07) is 9.06. The summed E-state index contributed by atoms with van der Waals surface area (Å²) in [5.41, 5.74) is 0.471. The van der Waals surface area contributed by atoms with E-state index in [1.54, 1.807) is 13.8 Å². The number of esters is 4. The van der Waals surface area contributed by atoms with Crippen LogP contribution in [-0.2, 0) is 39.8 Å². The molecule has 1 saturated heterocycles. The van der Waals surface area contributed by atoms with E-state index in [0.717, 1.165) is 24.8 Å². The Kier molecular flexibility index (Phi) is 13.3. The second-order valence-electron chi connectivity index (χ2n) is 11.1. The van der Waals surface area contributed by atoms with Gasteiger partial charge in [-0.2, -0.15) is 0 Å². The molecule has 3 rings (SSSR count). The highest BCUT2D eigenvalue weighted by molar-refractivity contribution is 5.99. The van der Waals surface area contributed by atoms with Gasteiger partial charge in [0.15, 0.2) is 23.6 Å². The number of nitrogens with one attached hydrogen (secondary N) is 1. The maximum atomic E-state index is 13.4. The maximum Gasteiger partial charge on any atom is 0.332 e. The normalized spacial score (nSPS) is 20.1. The lowest BCUT2D eigenvalue weighted by atomic mass is 9.91. The summed E-state index contributed by atoms with van der Waals surface area (Å²) in [6.45, 7) is 6.29. The Morgan fingerprint density at radius 2 is 1.78 bits per heavy atom. The Hall–Kier alpha value is -4.48. The highest BCUT2D eigenvalue weighted by Crippen LogP contribution is 2.30. The van der Waals surface area contributed by atoms with Gasteiger partial charge >= 0.3 is 23.9 Å². The molecule has 0 aliphatic carbocycles. The first-order valence-corrected chi connectivity index (χ1v) is 15.2. The number of carbonyl (C=O) groups excluding carboxylic acids is 5. The second kappa shape index (κ2) is 17.1. The van der Waals surface area contributed by atoms with E-state index in [-0.39, 0.29) is 30.0 Å². The van der Waals surface area contributed by atoms with Crippen LogP contribution >= 0.6 is 0 Å². The molecule has 0 unspecified atom stereocenters. The minimum Gasteiger partial charge on any atom is -0.493 e. The van der Waals surface area contributed by atoms with Gasteiger partial charge in [-0.05, 0) is 25.3 Å². The summed E-state index contributed by atoms with van der Waals surface area (Å²) >= 11 is 0. The molecule has 1 aromatic carbocycles. The predicted molar refractivity (Wildman–Crippen MR) is 161 cm³/mol. The number of hydrogen-bond donors (Lipinski definition) is 1. The van der Waals surface area contributed by atoms with Crippen LogP contribution in [0.1, 0.15) is 75.9 Å². The Balaban J connectivity index is 1.84. The lowest BCUT2D eigenvalue weighted by Crippen LogP contribution is -2.47. The molecule has 0 bridgehead atoms. The quantitative estimate of drug-likeness (QED) is 0.195. The van der Waals surface area contributed by atoms with Gasteiger partial charge in [0.1, 0.15) is 18.6 Å². The van der Waals surface area contributed by atoms with Gasteiger partial charge < -0.3 is 29.0 Å². The summed E-state index contributed by atoms with van der Waals surface area (Å²) in [5, 5.41) is 2.48. The molecule has 2 heterocycles. The highest BCUT2D eigenvalue weighted by Gasteiger charge is 2.42. The van der Waals surface area contributed by atoms with Crippen molar-refractivity contribution in [3.05, 3.63) is 53.9 Å². The zero-order chi connectivity index (χ0) is 32.9. The third-order valence-corrected chi connectivity index (χ3v) is 7.22. The zero-order valence-electron chi connectivity index (χ0n) is 26.4. The van der Waals surface area contributed by atoms with Crippen LogP contribution in [0.2, 0.25) is 0 Å². The molecule has 0 radical (unpaired) electrons. The van der Waals surface area contributed by atoms with Gasteiger partial charge in [-0.25, -0.2) is 9.78 Å². The van der Waals surface area contributed by atoms with E-state index in [1.807, 2.05) is 30.3 Å². The van der Waals surface area contributed by atoms with Crippen molar-refractivity contribution in [2.75, 3.05) is 13.7 Å². The number of unbranched alkanes of at least 4 members (excludes halogenated alkanes) is 3. The first kappa shape index (κ1) is 35.0. The monoisotopic (exact) mass is 626 g/mol. The maximum absolute atomic E-state index is 13.4. The fraction of sp³-hybridized carbons (Fsp3) is 0.515. The molecule has 1 amide bonds. The Labute approximate surface area is 263 Å². The summed E-state index contributed by atoms with van der Waals surface area (Å²) in [5.74, 6) is -5.31. The lowest BCUT2D eigenvalue weighted by Gasteiger charge is -2.29. The van der Waals surface area contributed by atoms with E-state index in [2.05, 4.69) is 17.2 Å². The van der Waals surface area contributed by atoms with Gasteiger partial charge in [-0.15, -0.1) is 0 Å². The molecule has 1 aliphatic heterocycles. The van der Waals surface area contributed by atoms with Gasteiger partial charge in [-0.3, -0.25) is 19.2 Å². The molecule has 0 saturated carbocycles. The number of hydrogen-bond acceptors (Lipinski definition) is 11. The molecular weight excluding hydrogens is 584 g/mol. The summed E-state index contributed by atoms with van der Waals surface area (Å²) in [6.07, 6.45) is 2.80. The molecule has 12 nitrogen and oxygen atoms in total. The van der Waals surface area contributed by atoms with Crippen LogP contribution in [0.3, 0.4) is 0 Å². The average molecular weight is 627 g/mol. The molecule has 1 aromatic heterocycles. The number of ether oxygens (including phenoxy) is 5. The zero-order valence-corrected chi connectivity index (χ0v) is 26.4. The predicted octanol–water partition coefficient (Wildman–Crippen LogP) is 3.98. The Morgan fingerprint density at radius 1 is 1.04 bits per heavy atom. The van der Waals surface area contributed by atoms with Gasteiger partial charge in [0, 0.05) is 18.7 Å².